The van der Waals surface area contributed by atoms with Crippen LogP contribution in [0.5, 0.6) is 0 Å². The fraction of sp³-hybridized carbons (Fsp3) is 0.533. The Hall–Kier alpha value is -1.95. The second-order valence-electron chi connectivity index (χ2n) is 5.37. The molecule has 2 N–H and O–H groups in total. The minimum atomic E-state index is 0.390. The topological polar surface area (TPSA) is 78.9 Å². The zero-order chi connectivity index (χ0) is 14.7. The van der Waals surface area contributed by atoms with Crippen molar-refractivity contribution in [3.63, 3.8) is 0 Å². The van der Waals surface area contributed by atoms with E-state index in [2.05, 4.69) is 15.1 Å². The van der Waals surface area contributed by atoms with Crippen LogP contribution in [0.25, 0.3) is 11.5 Å². The van der Waals surface area contributed by atoms with Crippen molar-refractivity contribution in [1.82, 2.24) is 19.7 Å². The van der Waals surface area contributed by atoms with Crippen molar-refractivity contribution in [1.29, 1.82) is 0 Å². The van der Waals surface area contributed by atoms with Crippen molar-refractivity contribution in [3.05, 3.63) is 24.7 Å². The van der Waals surface area contributed by atoms with E-state index in [9.17, 15) is 0 Å². The van der Waals surface area contributed by atoms with E-state index >= 15 is 0 Å². The number of hydrogen-bond donors (Lipinski definition) is 1. The second-order valence-corrected chi connectivity index (χ2v) is 5.37. The summed E-state index contributed by atoms with van der Waals surface area (Å²) in [5.74, 6) is 0.580. The van der Waals surface area contributed by atoms with Crippen LogP contribution >= 0.6 is 0 Å². The number of aromatic nitrogens is 4. The summed E-state index contributed by atoms with van der Waals surface area (Å²) in [7, 11) is 0. The third-order valence-corrected chi connectivity index (χ3v) is 3.96. The van der Waals surface area contributed by atoms with Crippen LogP contribution in [-0.2, 0) is 4.74 Å². The average Bonchev–Trinajstić information content (AvgIpc) is 2.91. The molecule has 2 aromatic rings. The van der Waals surface area contributed by atoms with Crippen molar-refractivity contribution < 1.29 is 4.74 Å². The highest BCUT2D eigenvalue weighted by Crippen LogP contribution is 2.31. The molecule has 0 unspecified atom stereocenters. The second kappa shape index (κ2) is 6.22. The van der Waals surface area contributed by atoms with Crippen molar-refractivity contribution in [2.45, 2.75) is 44.8 Å². The molecule has 0 spiro atoms. The van der Waals surface area contributed by atoms with Gasteiger partial charge in [0.2, 0.25) is 0 Å². The first-order valence-electron chi connectivity index (χ1n) is 7.51. The number of ether oxygens (including phenoxy) is 1. The number of nitrogen functional groups attached to an aromatic ring is 1. The summed E-state index contributed by atoms with van der Waals surface area (Å²) in [4.78, 5) is 8.44. The predicted octanol–water partition coefficient (Wildman–Crippen LogP) is 2.44. The Bertz CT molecular complexity index is 575. The molecule has 1 fully saturated rings. The molecule has 1 aliphatic carbocycles. The van der Waals surface area contributed by atoms with Gasteiger partial charge in [0.15, 0.2) is 11.5 Å². The fourth-order valence-corrected chi connectivity index (χ4v) is 2.90. The number of rotatable bonds is 4. The van der Waals surface area contributed by atoms with E-state index < -0.39 is 0 Å². The standard InChI is InChI=1S/C15H21N5O/c1-2-21-12-6-4-11(5-7-12)20-10-13(16)14(19-20)15-17-8-3-9-18-15/h3,8-12H,2,4-7,16H2,1H3. The minimum Gasteiger partial charge on any atom is -0.396 e. The average molecular weight is 287 g/mol. The first-order valence-corrected chi connectivity index (χ1v) is 7.51. The van der Waals surface area contributed by atoms with Gasteiger partial charge in [-0.05, 0) is 38.7 Å². The van der Waals surface area contributed by atoms with Crippen molar-refractivity contribution >= 4 is 5.69 Å². The Balaban J connectivity index is 1.73. The molecule has 0 aliphatic heterocycles. The van der Waals surface area contributed by atoms with Gasteiger partial charge in [0.05, 0.1) is 17.8 Å². The quantitative estimate of drug-likeness (QED) is 0.934. The Morgan fingerprint density at radius 2 is 1.95 bits per heavy atom. The van der Waals surface area contributed by atoms with Crippen molar-refractivity contribution in [2.75, 3.05) is 12.3 Å². The third kappa shape index (κ3) is 3.05. The zero-order valence-electron chi connectivity index (χ0n) is 12.3. The molecule has 21 heavy (non-hydrogen) atoms. The maximum atomic E-state index is 6.07. The molecule has 0 saturated heterocycles. The lowest BCUT2D eigenvalue weighted by atomic mass is 9.93. The number of nitrogens with zero attached hydrogens (tertiary/aromatic N) is 4. The number of anilines is 1. The van der Waals surface area contributed by atoms with Gasteiger partial charge in [0.25, 0.3) is 0 Å². The smallest absolute Gasteiger partial charge is 0.182 e. The van der Waals surface area contributed by atoms with Gasteiger partial charge < -0.3 is 10.5 Å². The fourth-order valence-electron chi connectivity index (χ4n) is 2.90. The highest BCUT2D eigenvalue weighted by Gasteiger charge is 2.24. The van der Waals surface area contributed by atoms with Gasteiger partial charge in [-0.3, -0.25) is 4.68 Å². The molecule has 0 aromatic carbocycles. The van der Waals surface area contributed by atoms with Gasteiger partial charge in [-0.2, -0.15) is 5.10 Å². The van der Waals surface area contributed by atoms with E-state index in [4.69, 9.17) is 10.5 Å². The molecule has 0 radical (unpaired) electrons. The van der Waals surface area contributed by atoms with Crippen LogP contribution in [-0.4, -0.2) is 32.5 Å². The maximum absolute atomic E-state index is 6.07. The van der Waals surface area contributed by atoms with Crippen LogP contribution in [0.15, 0.2) is 24.7 Å². The highest BCUT2D eigenvalue weighted by molar-refractivity contribution is 5.66. The molecule has 0 atom stereocenters. The van der Waals surface area contributed by atoms with E-state index in [0.717, 1.165) is 32.3 Å². The van der Waals surface area contributed by atoms with Gasteiger partial charge >= 0.3 is 0 Å². The monoisotopic (exact) mass is 287 g/mol. The van der Waals surface area contributed by atoms with Gasteiger partial charge in [0, 0.05) is 25.2 Å². The third-order valence-electron chi connectivity index (χ3n) is 3.96. The van der Waals surface area contributed by atoms with Crippen LogP contribution in [0.4, 0.5) is 5.69 Å². The van der Waals surface area contributed by atoms with Gasteiger partial charge in [-0.25, -0.2) is 9.97 Å². The summed E-state index contributed by atoms with van der Waals surface area (Å²) in [6.45, 7) is 2.84. The largest absolute Gasteiger partial charge is 0.396 e. The first-order chi connectivity index (χ1) is 10.3. The van der Waals surface area contributed by atoms with Crippen LogP contribution < -0.4 is 5.73 Å². The Morgan fingerprint density at radius 3 is 2.62 bits per heavy atom. The van der Waals surface area contributed by atoms with Crippen LogP contribution in [0, 0.1) is 0 Å². The van der Waals surface area contributed by atoms with E-state index in [1.807, 2.05) is 17.8 Å². The summed E-state index contributed by atoms with van der Waals surface area (Å²) < 4.78 is 7.67. The molecular formula is C15H21N5O. The predicted molar refractivity (Wildman–Crippen MR) is 80.6 cm³/mol. The molecule has 2 heterocycles. The maximum Gasteiger partial charge on any atom is 0.182 e. The Labute approximate surface area is 124 Å². The normalized spacial score (nSPS) is 22.3. The summed E-state index contributed by atoms with van der Waals surface area (Å²) in [6.07, 6.45) is 10.0. The van der Waals surface area contributed by atoms with Crippen LogP contribution in [0.2, 0.25) is 0 Å². The minimum absolute atomic E-state index is 0.390. The lowest BCUT2D eigenvalue weighted by Crippen LogP contribution is -2.24. The molecule has 6 nitrogen and oxygen atoms in total. The van der Waals surface area contributed by atoms with Crippen LogP contribution in [0.1, 0.15) is 38.6 Å². The summed E-state index contributed by atoms with van der Waals surface area (Å²) >= 11 is 0. The summed E-state index contributed by atoms with van der Waals surface area (Å²) in [5, 5.41) is 4.60. The van der Waals surface area contributed by atoms with Crippen molar-refractivity contribution in [3.8, 4) is 11.5 Å². The Kier molecular flexibility index (Phi) is 4.15. The van der Waals surface area contributed by atoms with E-state index in [1.54, 1.807) is 18.5 Å². The van der Waals surface area contributed by atoms with Crippen LogP contribution in [0.3, 0.4) is 0 Å². The summed E-state index contributed by atoms with van der Waals surface area (Å²) in [6, 6.07) is 2.17. The highest BCUT2D eigenvalue weighted by atomic mass is 16.5. The lowest BCUT2D eigenvalue weighted by Gasteiger charge is -2.28. The zero-order valence-corrected chi connectivity index (χ0v) is 12.3. The molecule has 1 aliphatic rings. The van der Waals surface area contributed by atoms with Gasteiger partial charge in [-0.1, -0.05) is 0 Å². The molecule has 0 bridgehead atoms. The Morgan fingerprint density at radius 1 is 1.24 bits per heavy atom. The molecule has 112 valence electrons. The molecule has 2 aromatic heterocycles. The number of hydrogen-bond acceptors (Lipinski definition) is 5. The van der Waals surface area contributed by atoms with E-state index in [1.165, 1.54) is 0 Å². The molecule has 1 saturated carbocycles. The van der Waals surface area contributed by atoms with Gasteiger partial charge in [-0.15, -0.1) is 0 Å². The molecule has 3 rings (SSSR count). The molecule has 6 heteroatoms. The van der Waals surface area contributed by atoms with E-state index in [-0.39, 0.29) is 0 Å². The first kappa shape index (κ1) is 14.0. The number of nitrogens with two attached hydrogens (primary N) is 1. The SMILES string of the molecule is CCOC1CCC(n2cc(N)c(-c3ncccn3)n2)CC1. The van der Waals surface area contributed by atoms with Crippen molar-refractivity contribution in [2.24, 2.45) is 0 Å². The van der Waals surface area contributed by atoms with E-state index in [0.29, 0.717) is 29.4 Å². The lowest BCUT2D eigenvalue weighted by molar-refractivity contribution is 0.0260. The van der Waals surface area contributed by atoms with Gasteiger partial charge in [0.1, 0.15) is 0 Å². The molecule has 0 amide bonds. The summed E-state index contributed by atoms with van der Waals surface area (Å²) in [5.41, 5.74) is 7.37. The molecular weight excluding hydrogens is 266 g/mol.